The quantitative estimate of drug-likeness (QED) is 0.803. The van der Waals surface area contributed by atoms with Gasteiger partial charge in [-0.15, -0.1) is 0 Å². The predicted molar refractivity (Wildman–Crippen MR) is 92.0 cm³/mol. The monoisotopic (exact) mass is 329 g/mol. The van der Waals surface area contributed by atoms with E-state index in [1.165, 1.54) is 11.1 Å². The highest BCUT2D eigenvalue weighted by Gasteiger charge is 2.18. The fourth-order valence-electron chi connectivity index (χ4n) is 2.77. The van der Waals surface area contributed by atoms with Gasteiger partial charge in [0.05, 0.1) is 7.11 Å². The Morgan fingerprint density at radius 3 is 2.54 bits per heavy atom. The summed E-state index contributed by atoms with van der Waals surface area (Å²) in [4.78, 5) is 10.2. The lowest BCUT2D eigenvalue weighted by Crippen LogP contribution is -2.27. The van der Waals surface area contributed by atoms with E-state index in [2.05, 4.69) is 6.07 Å². The Morgan fingerprint density at radius 2 is 1.92 bits per heavy atom. The molecule has 0 saturated heterocycles. The van der Waals surface area contributed by atoms with E-state index >= 15 is 0 Å². The van der Waals surface area contributed by atoms with Crippen molar-refractivity contribution in [1.82, 2.24) is 0 Å². The number of methoxy groups -OCH3 is 1. The van der Waals surface area contributed by atoms with E-state index in [0.29, 0.717) is 11.6 Å². The molecule has 1 aliphatic rings. The van der Waals surface area contributed by atoms with Crippen LogP contribution in [0, 0.1) is 0 Å². The number of hydrogen-bond donors (Lipinski definition) is 3. The average molecular weight is 329 g/mol. The van der Waals surface area contributed by atoms with Crippen molar-refractivity contribution in [2.24, 2.45) is 5.73 Å². The van der Waals surface area contributed by atoms with E-state index in [9.17, 15) is 4.79 Å². The van der Waals surface area contributed by atoms with E-state index in [1.54, 1.807) is 37.4 Å². The number of carboxylic acids is 1. The molecule has 128 valence electrons. The lowest BCUT2D eigenvalue weighted by Gasteiger charge is -2.22. The SMILES string of the molecule is COc1cccc2c1CCC(N)C2.O=C(O)C(O)c1ccccc1. The first-order valence-electron chi connectivity index (χ1n) is 7.89. The molecule has 3 rings (SSSR count). The average Bonchev–Trinajstić information content (AvgIpc) is 2.61. The van der Waals surface area contributed by atoms with Gasteiger partial charge in [-0.25, -0.2) is 4.79 Å². The first-order chi connectivity index (χ1) is 11.5. The number of rotatable bonds is 3. The van der Waals surface area contributed by atoms with Gasteiger partial charge in [0, 0.05) is 6.04 Å². The van der Waals surface area contributed by atoms with Crippen LogP contribution in [0.4, 0.5) is 0 Å². The molecule has 2 aromatic carbocycles. The molecule has 2 atom stereocenters. The first-order valence-corrected chi connectivity index (χ1v) is 7.89. The van der Waals surface area contributed by atoms with Crippen molar-refractivity contribution < 1.29 is 19.7 Å². The fourth-order valence-corrected chi connectivity index (χ4v) is 2.77. The third kappa shape index (κ3) is 4.57. The summed E-state index contributed by atoms with van der Waals surface area (Å²) in [5.74, 6) is -0.208. The number of aliphatic hydroxyl groups is 1. The van der Waals surface area contributed by atoms with Crippen molar-refractivity contribution >= 4 is 5.97 Å². The Morgan fingerprint density at radius 1 is 1.21 bits per heavy atom. The minimum atomic E-state index is -1.41. The summed E-state index contributed by atoms with van der Waals surface area (Å²) in [5, 5.41) is 17.4. The molecule has 2 unspecified atom stereocenters. The summed E-state index contributed by atoms with van der Waals surface area (Å²) in [7, 11) is 1.73. The van der Waals surface area contributed by atoms with Crippen molar-refractivity contribution in [3.05, 3.63) is 65.2 Å². The number of nitrogens with two attached hydrogens (primary N) is 1. The zero-order chi connectivity index (χ0) is 17.5. The lowest BCUT2D eigenvalue weighted by molar-refractivity contribution is -0.146. The third-order valence-corrected chi connectivity index (χ3v) is 4.05. The van der Waals surface area contributed by atoms with Crippen LogP contribution in [-0.2, 0) is 17.6 Å². The molecule has 0 radical (unpaired) electrons. The summed E-state index contributed by atoms with van der Waals surface area (Å²) < 4.78 is 5.31. The highest BCUT2D eigenvalue weighted by Crippen LogP contribution is 2.28. The highest BCUT2D eigenvalue weighted by molar-refractivity contribution is 5.73. The molecule has 0 aromatic heterocycles. The molecule has 0 bridgehead atoms. The van der Waals surface area contributed by atoms with E-state index < -0.39 is 12.1 Å². The maximum absolute atomic E-state index is 10.2. The second-order valence-corrected chi connectivity index (χ2v) is 5.75. The van der Waals surface area contributed by atoms with Crippen LogP contribution in [0.1, 0.15) is 29.2 Å². The summed E-state index contributed by atoms with van der Waals surface area (Å²) in [6.45, 7) is 0. The van der Waals surface area contributed by atoms with Gasteiger partial charge in [-0.3, -0.25) is 0 Å². The Hall–Kier alpha value is -2.37. The zero-order valence-electron chi connectivity index (χ0n) is 13.7. The molecule has 0 spiro atoms. The predicted octanol–water partition coefficient (Wildman–Crippen LogP) is 2.32. The van der Waals surface area contributed by atoms with Gasteiger partial charge < -0.3 is 20.7 Å². The molecule has 1 aliphatic carbocycles. The fraction of sp³-hybridized carbons (Fsp3) is 0.316. The Bertz CT molecular complexity index is 672. The number of carbonyl (C=O) groups is 1. The van der Waals surface area contributed by atoms with Gasteiger partial charge in [-0.2, -0.15) is 0 Å². The summed E-state index contributed by atoms with van der Waals surface area (Å²) in [5.41, 5.74) is 9.02. The van der Waals surface area contributed by atoms with Crippen LogP contribution in [0.2, 0.25) is 0 Å². The largest absolute Gasteiger partial charge is 0.496 e. The smallest absolute Gasteiger partial charge is 0.337 e. The van der Waals surface area contributed by atoms with Crippen LogP contribution in [0.3, 0.4) is 0 Å². The van der Waals surface area contributed by atoms with E-state index in [-0.39, 0.29) is 0 Å². The number of benzene rings is 2. The minimum Gasteiger partial charge on any atom is -0.496 e. The Labute approximate surface area is 141 Å². The number of fused-ring (bicyclic) bond motifs is 1. The molecule has 0 fully saturated rings. The van der Waals surface area contributed by atoms with Crippen molar-refractivity contribution in [3.63, 3.8) is 0 Å². The van der Waals surface area contributed by atoms with Crippen LogP contribution in [-0.4, -0.2) is 29.3 Å². The van der Waals surface area contributed by atoms with Crippen LogP contribution < -0.4 is 10.5 Å². The Kier molecular flexibility index (Phi) is 6.35. The van der Waals surface area contributed by atoms with Gasteiger partial charge in [0.2, 0.25) is 0 Å². The second kappa shape index (κ2) is 8.47. The molecule has 24 heavy (non-hydrogen) atoms. The third-order valence-electron chi connectivity index (χ3n) is 4.05. The van der Waals surface area contributed by atoms with Gasteiger partial charge in [-0.1, -0.05) is 42.5 Å². The molecule has 2 aromatic rings. The van der Waals surface area contributed by atoms with E-state index in [1.807, 2.05) is 12.1 Å². The number of aliphatic carboxylic acids is 1. The molecule has 0 saturated carbocycles. The van der Waals surface area contributed by atoms with E-state index in [4.69, 9.17) is 20.7 Å². The van der Waals surface area contributed by atoms with Crippen molar-refractivity contribution in [3.8, 4) is 5.75 Å². The van der Waals surface area contributed by atoms with Crippen molar-refractivity contribution in [2.75, 3.05) is 7.11 Å². The van der Waals surface area contributed by atoms with Crippen molar-refractivity contribution in [2.45, 2.75) is 31.4 Å². The molecule has 5 nitrogen and oxygen atoms in total. The molecule has 4 N–H and O–H groups in total. The first kappa shape index (κ1) is 18.0. The van der Waals surface area contributed by atoms with Crippen LogP contribution in [0.25, 0.3) is 0 Å². The summed E-state index contributed by atoms with van der Waals surface area (Å²) in [6, 6.07) is 14.8. The molecular weight excluding hydrogens is 306 g/mol. The van der Waals surface area contributed by atoms with Gasteiger partial charge in [0.1, 0.15) is 5.75 Å². The van der Waals surface area contributed by atoms with Gasteiger partial charge >= 0.3 is 5.97 Å². The summed E-state index contributed by atoms with van der Waals surface area (Å²) in [6.07, 6.45) is 1.72. The van der Waals surface area contributed by atoms with Crippen molar-refractivity contribution in [1.29, 1.82) is 0 Å². The maximum atomic E-state index is 10.2. The van der Waals surface area contributed by atoms with Gasteiger partial charge in [0.25, 0.3) is 0 Å². The minimum absolute atomic E-state index is 0.333. The second-order valence-electron chi connectivity index (χ2n) is 5.75. The number of ether oxygens (including phenoxy) is 1. The topological polar surface area (TPSA) is 92.8 Å². The summed E-state index contributed by atoms with van der Waals surface area (Å²) >= 11 is 0. The number of hydrogen-bond acceptors (Lipinski definition) is 4. The molecule has 5 heteroatoms. The Balaban J connectivity index is 0.000000177. The molecule has 0 aliphatic heterocycles. The molecule has 0 amide bonds. The lowest BCUT2D eigenvalue weighted by atomic mass is 9.88. The van der Waals surface area contributed by atoms with Crippen LogP contribution in [0.5, 0.6) is 5.75 Å². The normalized spacial score (nSPS) is 17.0. The molecule has 0 heterocycles. The molecular formula is C19H23NO4. The van der Waals surface area contributed by atoms with Gasteiger partial charge in [-0.05, 0) is 42.0 Å². The maximum Gasteiger partial charge on any atom is 0.337 e. The van der Waals surface area contributed by atoms with Crippen LogP contribution in [0.15, 0.2) is 48.5 Å². The number of aliphatic hydroxyl groups excluding tert-OH is 1. The standard InChI is InChI=1S/C11H15NO.C8H8O3/c1-13-11-4-2-3-8-7-9(12)5-6-10(8)11;9-7(8(10)11)6-4-2-1-3-5-6/h2-4,9H,5-7,12H2,1H3;1-5,7,9H,(H,10,11). The van der Waals surface area contributed by atoms with Crippen LogP contribution >= 0.6 is 0 Å². The van der Waals surface area contributed by atoms with E-state index in [0.717, 1.165) is 25.0 Å². The highest BCUT2D eigenvalue weighted by atomic mass is 16.5. The zero-order valence-corrected chi connectivity index (χ0v) is 13.7. The number of carboxylic acid groups (broad SMARTS) is 1. The van der Waals surface area contributed by atoms with Gasteiger partial charge in [0.15, 0.2) is 6.10 Å².